The number of para-hydroxylation sites is 1. The van der Waals surface area contributed by atoms with Gasteiger partial charge < -0.3 is 25.2 Å². The molecule has 0 unspecified atom stereocenters. The van der Waals surface area contributed by atoms with Gasteiger partial charge >= 0.3 is 29.6 Å². The molecule has 0 fully saturated rings. The summed E-state index contributed by atoms with van der Waals surface area (Å²) in [5, 5.41) is 38.7. The zero-order valence-corrected chi connectivity index (χ0v) is 10.7. The number of aliphatic carboxylic acids is 1. The van der Waals surface area contributed by atoms with Gasteiger partial charge in [0.25, 0.3) is 0 Å². The number of carbonyl (C=O) groups excluding carboxylic acids is 1. The zero-order chi connectivity index (χ0) is 11.6. The van der Waals surface area contributed by atoms with Crippen LogP contribution in [0.4, 0.5) is 0 Å². The summed E-state index contributed by atoms with van der Waals surface area (Å²) in [6, 6.07) is 5.23. The minimum atomic E-state index is -2.84. The third kappa shape index (κ3) is 2.84. The number of carbonyl (C=O) groups is 1. The number of hydrogen-bond donors (Lipinski definition) is 3. The molecule has 0 aromatic heterocycles. The van der Waals surface area contributed by atoms with E-state index in [1.54, 1.807) is 0 Å². The van der Waals surface area contributed by atoms with Gasteiger partial charge in [0.2, 0.25) is 5.79 Å². The molecule has 0 heterocycles. The second-order valence-corrected chi connectivity index (χ2v) is 2.96. The fraction of sp³-hybridized carbons (Fsp3) is 0.100. The van der Waals surface area contributed by atoms with Crippen molar-refractivity contribution in [3.05, 3.63) is 42.0 Å². The largest absolute Gasteiger partial charge is 1.00 e. The first-order chi connectivity index (χ1) is 6.87. The zero-order valence-electron chi connectivity index (χ0n) is 8.67. The van der Waals surface area contributed by atoms with Crippen LogP contribution < -0.4 is 34.7 Å². The second-order valence-electron chi connectivity index (χ2n) is 2.96. The predicted molar refractivity (Wildman–Crippen MR) is 48.4 cm³/mol. The standard InChI is InChI=1S/C10H10O5.Na/c1-6(9(12)13)10(14,15)7-4-2-3-5-8(7)11;/h2-5,11,14-15H,1H2,(H,12,13);/q;+1/p-1. The van der Waals surface area contributed by atoms with Crippen LogP contribution in [-0.2, 0) is 10.6 Å². The van der Waals surface area contributed by atoms with Crippen LogP contribution >= 0.6 is 0 Å². The molecule has 0 amide bonds. The molecule has 0 spiro atoms. The molecule has 0 atom stereocenters. The Kier molecular flexibility index (Phi) is 5.18. The van der Waals surface area contributed by atoms with Gasteiger partial charge in [-0.3, -0.25) is 0 Å². The molecule has 0 aliphatic heterocycles. The average molecular weight is 232 g/mol. The maximum atomic E-state index is 10.4. The monoisotopic (exact) mass is 232 g/mol. The van der Waals surface area contributed by atoms with E-state index in [9.17, 15) is 25.2 Å². The molecule has 3 N–H and O–H groups in total. The van der Waals surface area contributed by atoms with Crippen LogP contribution in [0.5, 0.6) is 5.75 Å². The van der Waals surface area contributed by atoms with Crippen LogP contribution in [0.3, 0.4) is 0 Å². The maximum absolute atomic E-state index is 10.4. The Hall–Kier alpha value is -0.850. The number of carboxylic acid groups (broad SMARTS) is 1. The van der Waals surface area contributed by atoms with Crippen molar-refractivity contribution < 1.29 is 54.8 Å². The van der Waals surface area contributed by atoms with Gasteiger partial charge in [-0.1, -0.05) is 18.7 Å². The van der Waals surface area contributed by atoms with Crippen LogP contribution in [0.1, 0.15) is 5.56 Å². The Morgan fingerprint density at radius 3 is 2.25 bits per heavy atom. The molecule has 1 aromatic rings. The molecular weight excluding hydrogens is 223 g/mol. The number of aromatic hydroxyl groups is 1. The maximum Gasteiger partial charge on any atom is 1.00 e. The molecular formula is C10H9NaO5. The minimum absolute atomic E-state index is 0. The normalized spacial score (nSPS) is 10.4. The van der Waals surface area contributed by atoms with Gasteiger partial charge in [0.05, 0.1) is 11.5 Å². The fourth-order valence-electron chi connectivity index (χ4n) is 1.07. The topological polar surface area (TPSA) is 101 Å². The molecule has 5 nitrogen and oxygen atoms in total. The first kappa shape index (κ1) is 15.2. The van der Waals surface area contributed by atoms with E-state index in [1.165, 1.54) is 24.3 Å². The third-order valence-corrected chi connectivity index (χ3v) is 1.95. The van der Waals surface area contributed by atoms with E-state index < -0.39 is 23.1 Å². The number of phenolic OH excluding ortho intramolecular Hbond substituents is 1. The van der Waals surface area contributed by atoms with Crippen LogP contribution in [-0.4, -0.2) is 21.3 Å². The van der Waals surface area contributed by atoms with E-state index >= 15 is 0 Å². The van der Waals surface area contributed by atoms with E-state index in [1.807, 2.05) is 0 Å². The third-order valence-electron chi connectivity index (χ3n) is 1.95. The van der Waals surface area contributed by atoms with Gasteiger partial charge in [-0.05, 0) is 12.1 Å². The number of hydrogen-bond acceptors (Lipinski definition) is 5. The van der Waals surface area contributed by atoms with Crippen LogP contribution in [0.15, 0.2) is 36.4 Å². The van der Waals surface area contributed by atoms with Gasteiger partial charge in [0, 0.05) is 5.57 Å². The van der Waals surface area contributed by atoms with Crippen LogP contribution in [0.25, 0.3) is 0 Å². The van der Waals surface area contributed by atoms with E-state index in [4.69, 9.17) is 0 Å². The number of phenols is 1. The molecule has 0 saturated heterocycles. The summed E-state index contributed by atoms with van der Waals surface area (Å²) >= 11 is 0. The minimum Gasteiger partial charge on any atom is -0.545 e. The predicted octanol–water partition coefficient (Wildman–Crippen LogP) is -4.16. The summed E-state index contributed by atoms with van der Waals surface area (Å²) in [7, 11) is 0. The Balaban J connectivity index is 0.00000225. The summed E-state index contributed by atoms with van der Waals surface area (Å²) in [5.74, 6) is -5.09. The molecule has 16 heavy (non-hydrogen) atoms. The average Bonchev–Trinajstić information content (AvgIpc) is 2.16. The Bertz CT molecular complexity index is 413. The molecule has 1 aromatic carbocycles. The Morgan fingerprint density at radius 1 is 1.31 bits per heavy atom. The van der Waals surface area contributed by atoms with Gasteiger partial charge in [-0.25, -0.2) is 0 Å². The van der Waals surface area contributed by atoms with Crippen molar-refractivity contribution in [1.29, 1.82) is 0 Å². The Labute approximate surface area is 114 Å². The van der Waals surface area contributed by atoms with Crippen LogP contribution in [0.2, 0.25) is 0 Å². The van der Waals surface area contributed by atoms with Crippen molar-refractivity contribution in [2.24, 2.45) is 0 Å². The molecule has 0 bridgehead atoms. The molecule has 0 radical (unpaired) electrons. The number of benzene rings is 1. The Morgan fingerprint density at radius 2 is 1.81 bits per heavy atom. The molecule has 0 saturated carbocycles. The summed E-state index contributed by atoms with van der Waals surface area (Å²) in [6.07, 6.45) is 0. The summed E-state index contributed by atoms with van der Waals surface area (Å²) < 4.78 is 0. The SMILES string of the molecule is C=C(C(=O)[O-])C(O)(O)c1ccccc1O.[Na+]. The van der Waals surface area contributed by atoms with Crippen molar-refractivity contribution in [2.75, 3.05) is 0 Å². The summed E-state index contributed by atoms with van der Waals surface area (Å²) in [6.45, 7) is 2.97. The van der Waals surface area contributed by atoms with Gasteiger partial charge in [-0.15, -0.1) is 0 Å². The fourth-order valence-corrected chi connectivity index (χ4v) is 1.07. The van der Waals surface area contributed by atoms with Crippen molar-refractivity contribution >= 4 is 5.97 Å². The number of rotatable bonds is 3. The molecule has 6 heteroatoms. The first-order valence-corrected chi connectivity index (χ1v) is 4.01. The van der Waals surface area contributed by atoms with E-state index in [0.29, 0.717) is 0 Å². The van der Waals surface area contributed by atoms with Crippen molar-refractivity contribution in [3.63, 3.8) is 0 Å². The molecule has 0 aliphatic rings. The first-order valence-electron chi connectivity index (χ1n) is 4.01. The quantitative estimate of drug-likeness (QED) is 0.279. The molecule has 80 valence electrons. The van der Waals surface area contributed by atoms with E-state index in [-0.39, 0.29) is 35.1 Å². The number of carboxylic acids is 1. The van der Waals surface area contributed by atoms with E-state index in [0.717, 1.165) is 0 Å². The molecule has 1 rings (SSSR count). The van der Waals surface area contributed by atoms with Gasteiger partial charge in [0.15, 0.2) is 0 Å². The van der Waals surface area contributed by atoms with E-state index in [2.05, 4.69) is 6.58 Å². The number of aliphatic hydroxyl groups is 2. The van der Waals surface area contributed by atoms with Crippen molar-refractivity contribution in [1.82, 2.24) is 0 Å². The van der Waals surface area contributed by atoms with Crippen molar-refractivity contribution in [3.8, 4) is 5.75 Å². The summed E-state index contributed by atoms with van der Waals surface area (Å²) in [5.41, 5.74) is -1.30. The van der Waals surface area contributed by atoms with Crippen LogP contribution in [0, 0.1) is 0 Å². The molecule has 0 aliphatic carbocycles. The smallest absolute Gasteiger partial charge is 0.545 e. The van der Waals surface area contributed by atoms with Crippen molar-refractivity contribution in [2.45, 2.75) is 5.79 Å². The van der Waals surface area contributed by atoms with Gasteiger partial charge in [0.1, 0.15) is 5.75 Å². The van der Waals surface area contributed by atoms with Gasteiger partial charge in [-0.2, -0.15) is 0 Å². The second kappa shape index (κ2) is 5.47. The summed E-state index contributed by atoms with van der Waals surface area (Å²) in [4.78, 5) is 10.4.